The van der Waals surface area contributed by atoms with Crippen LogP contribution >= 0.6 is 0 Å². The Morgan fingerprint density at radius 1 is 0.968 bits per heavy atom. The summed E-state index contributed by atoms with van der Waals surface area (Å²) >= 11 is 0. The van der Waals surface area contributed by atoms with Gasteiger partial charge in [0.15, 0.2) is 6.10 Å². The van der Waals surface area contributed by atoms with Crippen molar-refractivity contribution < 1.29 is 18.7 Å². The minimum atomic E-state index is -0.683. The lowest BCUT2D eigenvalue weighted by Gasteiger charge is -2.34. The number of hydrogen-bond donors (Lipinski definition) is 0. The van der Waals surface area contributed by atoms with E-state index in [1.807, 2.05) is 36.4 Å². The molecule has 0 saturated heterocycles. The third kappa shape index (κ3) is 4.58. The number of hydrogen-bond acceptors (Lipinski definition) is 3. The van der Waals surface area contributed by atoms with E-state index in [2.05, 4.69) is 0 Å². The minimum Gasteiger partial charge on any atom is -0.479 e. The zero-order valence-corrected chi connectivity index (χ0v) is 17.2. The lowest BCUT2D eigenvalue weighted by atomic mass is 10.1. The maximum Gasteiger partial charge on any atom is 0.268 e. The number of rotatable bonds is 6. The van der Waals surface area contributed by atoms with E-state index in [0.29, 0.717) is 23.5 Å². The highest BCUT2D eigenvalue weighted by molar-refractivity contribution is 6.03. The lowest BCUT2D eigenvalue weighted by molar-refractivity contribution is -0.134. The minimum absolute atomic E-state index is 0.107. The molecule has 5 nitrogen and oxygen atoms in total. The number of amides is 2. The summed E-state index contributed by atoms with van der Waals surface area (Å²) in [5, 5.41) is 0. The molecule has 0 aliphatic carbocycles. The maximum atomic E-state index is 14.3. The van der Waals surface area contributed by atoms with Crippen LogP contribution in [-0.4, -0.2) is 29.4 Å². The summed E-state index contributed by atoms with van der Waals surface area (Å²) < 4.78 is 20.0. The van der Waals surface area contributed by atoms with Gasteiger partial charge in [0.05, 0.1) is 5.69 Å². The van der Waals surface area contributed by atoms with Crippen LogP contribution in [0.25, 0.3) is 0 Å². The lowest BCUT2D eigenvalue weighted by Crippen LogP contribution is -2.49. The van der Waals surface area contributed by atoms with Gasteiger partial charge in [0.1, 0.15) is 18.1 Å². The fourth-order valence-electron chi connectivity index (χ4n) is 3.63. The summed E-state index contributed by atoms with van der Waals surface area (Å²) in [4.78, 5) is 29.2. The molecule has 31 heavy (non-hydrogen) atoms. The molecule has 3 aromatic carbocycles. The number of ether oxygens (including phenoxy) is 1. The van der Waals surface area contributed by atoms with E-state index in [1.54, 1.807) is 48.2 Å². The SMILES string of the molecule is CC1Oc2ccccc2N(CC(=O)N(Cc2ccccc2)Cc2ccccc2F)C1=O. The smallest absolute Gasteiger partial charge is 0.268 e. The van der Waals surface area contributed by atoms with Gasteiger partial charge in [-0.3, -0.25) is 14.5 Å². The molecule has 3 aromatic rings. The van der Waals surface area contributed by atoms with E-state index in [4.69, 9.17) is 4.74 Å². The molecule has 0 N–H and O–H groups in total. The number of anilines is 1. The summed E-state index contributed by atoms with van der Waals surface area (Å²) in [6, 6.07) is 23.1. The van der Waals surface area contributed by atoms with Crippen LogP contribution in [0.1, 0.15) is 18.1 Å². The Morgan fingerprint density at radius 2 is 1.65 bits per heavy atom. The van der Waals surface area contributed by atoms with Crippen LogP contribution in [-0.2, 0) is 22.7 Å². The van der Waals surface area contributed by atoms with Gasteiger partial charge >= 0.3 is 0 Å². The summed E-state index contributed by atoms with van der Waals surface area (Å²) in [6.45, 7) is 1.93. The number of benzene rings is 3. The number of para-hydroxylation sites is 2. The molecule has 158 valence electrons. The van der Waals surface area contributed by atoms with Crippen molar-refractivity contribution in [1.82, 2.24) is 4.90 Å². The maximum absolute atomic E-state index is 14.3. The van der Waals surface area contributed by atoms with Crippen molar-refractivity contribution >= 4 is 17.5 Å². The highest BCUT2D eigenvalue weighted by Crippen LogP contribution is 2.33. The normalized spacial score (nSPS) is 15.2. The Labute approximate surface area is 180 Å². The first-order valence-corrected chi connectivity index (χ1v) is 10.1. The van der Waals surface area contributed by atoms with Crippen molar-refractivity contribution in [2.24, 2.45) is 0 Å². The Morgan fingerprint density at radius 3 is 2.42 bits per heavy atom. The second-order valence-corrected chi connectivity index (χ2v) is 7.48. The molecule has 1 unspecified atom stereocenters. The summed E-state index contributed by atoms with van der Waals surface area (Å²) in [5.41, 5.74) is 1.91. The second-order valence-electron chi connectivity index (χ2n) is 7.48. The van der Waals surface area contributed by atoms with E-state index >= 15 is 0 Å². The van der Waals surface area contributed by atoms with Crippen LogP contribution in [0.5, 0.6) is 5.75 Å². The van der Waals surface area contributed by atoms with Crippen molar-refractivity contribution in [2.75, 3.05) is 11.4 Å². The number of nitrogens with zero attached hydrogens (tertiary/aromatic N) is 2. The molecular formula is C25H23FN2O3. The number of carbonyl (C=O) groups is 2. The van der Waals surface area contributed by atoms with Crippen LogP contribution in [0.2, 0.25) is 0 Å². The van der Waals surface area contributed by atoms with Crippen molar-refractivity contribution in [1.29, 1.82) is 0 Å². The molecule has 4 rings (SSSR count). The van der Waals surface area contributed by atoms with Gasteiger partial charge in [-0.15, -0.1) is 0 Å². The van der Waals surface area contributed by atoms with Crippen LogP contribution in [0.15, 0.2) is 78.9 Å². The van der Waals surface area contributed by atoms with Crippen molar-refractivity contribution in [2.45, 2.75) is 26.1 Å². The van der Waals surface area contributed by atoms with E-state index in [9.17, 15) is 14.0 Å². The van der Waals surface area contributed by atoms with Gasteiger partial charge in [0.2, 0.25) is 5.91 Å². The van der Waals surface area contributed by atoms with Gasteiger partial charge in [-0.25, -0.2) is 4.39 Å². The first-order chi connectivity index (χ1) is 15.0. The largest absolute Gasteiger partial charge is 0.479 e. The Hall–Kier alpha value is -3.67. The topological polar surface area (TPSA) is 49.9 Å². The van der Waals surface area contributed by atoms with E-state index in [0.717, 1.165) is 5.56 Å². The van der Waals surface area contributed by atoms with Crippen LogP contribution in [0, 0.1) is 5.82 Å². The molecule has 2 amide bonds. The molecule has 0 spiro atoms. The van der Waals surface area contributed by atoms with E-state index in [1.165, 1.54) is 11.0 Å². The third-order valence-electron chi connectivity index (χ3n) is 5.25. The first-order valence-electron chi connectivity index (χ1n) is 10.1. The summed E-state index contributed by atoms with van der Waals surface area (Å²) in [6.07, 6.45) is -0.683. The quantitative estimate of drug-likeness (QED) is 0.604. The summed E-state index contributed by atoms with van der Waals surface area (Å²) in [5.74, 6) is -0.358. The Bertz CT molecular complexity index is 1090. The zero-order chi connectivity index (χ0) is 21.8. The molecule has 1 aliphatic rings. The zero-order valence-electron chi connectivity index (χ0n) is 17.2. The predicted molar refractivity (Wildman–Crippen MR) is 116 cm³/mol. The van der Waals surface area contributed by atoms with Gasteiger partial charge in [0, 0.05) is 18.7 Å². The molecule has 6 heteroatoms. The summed E-state index contributed by atoms with van der Waals surface area (Å²) in [7, 11) is 0. The Balaban J connectivity index is 1.61. The van der Waals surface area contributed by atoms with Gasteiger partial charge in [-0.2, -0.15) is 0 Å². The van der Waals surface area contributed by atoms with E-state index in [-0.39, 0.29) is 30.7 Å². The number of fused-ring (bicyclic) bond motifs is 1. The second kappa shape index (κ2) is 9.00. The molecule has 0 fully saturated rings. The van der Waals surface area contributed by atoms with Crippen LogP contribution in [0.4, 0.5) is 10.1 Å². The van der Waals surface area contributed by atoms with Gasteiger partial charge in [0.25, 0.3) is 5.91 Å². The fraction of sp³-hybridized carbons (Fsp3) is 0.200. The molecular weight excluding hydrogens is 395 g/mol. The first kappa shape index (κ1) is 20.6. The third-order valence-corrected chi connectivity index (χ3v) is 5.25. The molecule has 1 atom stereocenters. The average molecular weight is 418 g/mol. The number of halogens is 1. The van der Waals surface area contributed by atoms with E-state index < -0.39 is 6.10 Å². The van der Waals surface area contributed by atoms with Gasteiger partial charge < -0.3 is 9.64 Å². The highest BCUT2D eigenvalue weighted by atomic mass is 19.1. The Kier molecular flexibility index (Phi) is 5.98. The average Bonchev–Trinajstić information content (AvgIpc) is 2.78. The van der Waals surface area contributed by atoms with Crippen molar-refractivity contribution in [3.63, 3.8) is 0 Å². The predicted octanol–water partition coefficient (Wildman–Crippen LogP) is 4.17. The molecule has 0 radical (unpaired) electrons. The number of carbonyl (C=O) groups excluding carboxylic acids is 2. The molecule has 1 heterocycles. The molecule has 1 aliphatic heterocycles. The van der Waals surface area contributed by atoms with Gasteiger partial charge in [-0.1, -0.05) is 60.7 Å². The van der Waals surface area contributed by atoms with Crippen LogP contribution < -0.4 is 9.64 Å². The van der Waals surface area contributed by atoms with Crippen molar-refractivity contribution in [3.8, 4) is 5.75 Å². The van der Waals surface area contributed by atoms with Gasteiger partial charge in [-0.05, 0) is 30.7 Å². The monoisotopic (exact) mass is 418 g/mol. The van der Waals surface area contributed by atoms with Crippen molar-refractivity contribution in [3.05, 3.63) is 95.8 Å². The molecule has 0 aromatic heterocycles. The standard InChI is InChI=1S/C25H23FN2O3/c1-18-25(30)28(22-13-7-8-14-23(22)31-18)17-24(29)27(15-19-9-3-2-4-10-19)16-20-11-5-6-12-21(20)26/h2-14,18H,15-17H2,1H3. The van der Waals surface area contributed by atoms with Crippen LogP contribution in [0.3, 0.4) is 0 Å². The fourth-order valence-corrected chi connectivity index (χ4v) is 3.63. The highest BCUT2D eigenvalue weighted by Gasteiger charge is 2.33. The molecule has 0 saturated carbocycles. The molecule has 0 bridgehead atoms.